The van der Waals surface area contributed by atoms with Gasteiger partial charge in [0, 0.05) is 12.2 Å². The van der Waals surface area contributed by atoms with Crippen LogP contribution in [0.25, 0.3) is 0 Å². The number of alkyl halides is 3. The number of benzene rings is 2. The lowest BCUT2D eigenvalue weighted by Crippen LogP contribution is -2.28. The predicted molar refractivity (Wildman–Crippen MR) is 101 cm³/mol. The normalized spacial score (nSPS) is 11.7. The Labute approximate surface area is 161 Å². The van der Waals surface area contributed by atoms with Gasteiger partial charge in [-0.15, -0.1) is 0 Å². The molecule has 2 aromatic rings. The average molecular weight is 415 g/mol. The van der Waals surface area contributed by atoms with Gasteiger partial charge in [0.25, 0.3) is 0 Å². The van der Waals surface area contributed by atoms with Crippen LogP contribution < -0.4 is 15.4 Å². The quantitative estimate of drug-likeness (QED) is 0.634. The van der Waals surface area contributed by atoms with Crippen LogP contribution in [0.5, 0.6) is 0 Å². The maximum Gasteiger partial charge on any atom is 0.416 e. The van der Waals surface area contributed by atoms with Crippen molar-refractivity contribution in [1.29, 1.82) is 0 Å². The zero-order valence-corrected chi connectivity index (χ0v) is 15.8. The third kappa shape index (κ3) is 6.76. The highest BCUT2D eigenvalue weighted by atomic mass is 32.2. The van der Waals surface area contributed by atoms with E-state index in [0.29, 0.717) is 23.4 Å². The van der Waals surface area contributed by atoms with Crippen molar-refractivity contribution in [2.75, 3.05) is 15.8 Å². The van der Waals surface area contributed by atoms with E-state index in [2.05, 4.69) is 15.4 Å². The van der Waals surface area contributed by atoms with E-state index in [0.717, 1.165) is 12.1 Å². The standard InChI is InChI=1S/C18H20F3N3O3S/c1-2-9-28(26,27)24-16-8-4-7-15(11-16)23-17(25)22-12-13-5-3-6-14(10-13)18(19,20)21/h3-8,10-11,24H,2,9,12H2,1H3,(H2,22,23,25). The van der Waals surface area contributed by atoms with Crippen LogP contribution in [0.3, 0.4) is 0 Å². The molecule has 2 amide bonds. The minimum atomic E-state index is -4.45. The monoisotopic (exact) mass is 415 g/mol. The van der Waals surface area contributed by atoms with Gasteiger partial charge in [0.15, 0.2) is 0 Å². The van der Waals surface area contributed by atoms with E-state index in [4.69, 9.17) is 0 Å². The molecule has 0 aliphatic carbocycles. The smallest absolute Gasteiger partial charge is 0.334 e. The fraction of sp³-hybridized carbons (Fsp3) is 0.278. The first kappa shape index (κ1) is 21.5. The van der Waals surface area contributed by atoms with Crippen molar-refractivity contribution < 1.29 is 26.4 Å². The predicted octanol–water partition coefficient (Wildman–Crippen LogP) is 4.18. The molecule has 0 saturated carbocycles. The molecule has 0 aliphatic heterocycles. The molecule has 0 bridgehead atoms. The summed E-state index contributed by atoms with van der Waals surface area (Å²) in [6.45, 7) is 1.64. The Morgan fingerprint density at radius 3 is 2.39 bits per heavy atom. The average Bonchev–Trinajstić information content (AvgIpc) is 2.59. The van der Waals surface area contributed by atoms with Gasteiger partial charge in [-0.25, -0.2) is 13.2 Å². The number of hydrogen-bond donors (Lipinski definition) is 3. The molecule has 2 aromatic carbocycles. The van der Waals surface area contributed by atoms with Gasteiger partial charge in [0.05, 0.1) is 17.0 Å². The molecule has 2 rings (SSSR count). The number of sulfonamides is 1. The number of rotatable bonds is 7. The third-order valence-corrected chi connectivity index (χ3v) is 5.07. The summed E-state index contributed by atoms with van der Waals surface area (Å²) >= 11 is 0. The van der Waals surface area contributed by atoms with Crippen LogP contribution >= 0.6 is 0 Å². The molecule has 3 N–H and O–H groups in total. The Kier molecular flexibility index (Phi) is 6.90. The van der Waals surface area contributed by atoms with E-state index >= 15 is 0 Å². The second kappa shape index (κ2) is 8.96. The van der Waals surface area contributed by atoms with Crippen molar-refractivity contribution in [3.05, 3.63) is 59.7 Å². The molecule has 0 saturated heterocycles. The molecule has 0 fully saturated rings. The number of carbonyl (C=O) groups excluding carboxylic acids is 1. The molecule has 0 aromatic heterocycles. The molecule has 0 spiro atoms. The molecule has 0 radical (unpaired) electrons. The van der Waals surface area contributed by atoms with Gasteiger partial charge in [0.1, 0.15) is 0 Å². The highest BCUT2D eigenvalue weighted by Gasteiger charge is 2.30. The van der Waals surface area contributed by atoms with Crippen LogP contribution in [0.15, 0.2) is 48.5 Å². The van der Waals surface area contributed by atoms with E-state index in [1.54, 1.807) is 25.1 Å². The number of anilines is 2. The highest BCUT2D eigenvalue weighted by Crippen LogP contribution is 2.29. The molecular formula is C18H20F3N3O3S. The van der Waals surface area contributed by atoms with Crippen LogP contribution in [-0.4, -0.2) is 20.2 Å². The lowest BCUT2D eigenvalue weighted by molar-refractivity contribution is -0.137. The van der Waals surface area contributed by atoms with Gasteiger partial charge < -0.3 is 10.6 Å². The molecular weight excluding hydrogens is 395 g/mol. The summed E-state index contributed by atoms with van der Waals surface area (Å²) < 4.78 is 64.1. The Balaban J connectivity index is 1.96. The minimum Gasteiger partial charge on any atom is -0.334 e. The van der Waals surface area contributed by atoms with Crippen molar-refractivity contribution in [1.82, 2.24) is 5.32 Å². The first-order chi connectivity index (χ1) is 13.1. The third-order valence-electron chi connectivity index (χ3n) is 3.57. The number of urea groups is 1. The summed E-state index contributed by atoms with van der Waals surface area (Å²) in [5.41, 5.74) is 0.132. The highest BCUT2D eigenvalue weighted by molar-refractivity contribution is 7.92. The van der Waals surface area contributed by atoms with Crippen LogP contribution in [0, 0.1) is 0 Å². The second-order valence-electron chi connectivity index (χ2n) is 6.01. The largest absolute Gasteiger partial charge is 0.416 e. The Morgan fingerprint density at radius 2 is 1.71 bits per heavy atom. The van der Waals surface area contributed by atoms with Crippen molar-refractivity contribution >= 4 is 27.4 Å². The van der Waals surface area contributed by atoms with E-state index in [-0.39, 0.29) is 12.3 Å². The topological polar surface area (TPSA) is 87.3 Å². The maximum absolute atomic E-state index is 12.7. The molecule has 0 unspecified atom stereocenters. The molecule has 28 heavy (non-hydrogen) atoms. The number of hydrogen-bond acceptors (Lipinski definition) is 3. The summed E-state index contributed by atoms with van der Waals surface area (Å²) in [5.74, 6) is -0.0257. The van der Waals surface area contributed by atoms with E-state index < -0.39 is 27.8 Å². The second-order valence-corrected chi connectivity index (χ2v) is 7.85. The molecule has 152 valence electrons. The van der Waals surface area contributed by atoms with Crippen molar-refractivity contribution in [2.45, 2.75) is 26.1 Å². The molecule has 0 atom stereocenters. The SMILES string of the molecule is CCCS(=O)(=O)Nc1cccc(NC(=O)NCc2cccc(C(F)(F)F)c2)c1. The summed E-state index contributed by atoms with van der Waals surface area (Å²) in [5, 5.41) is 4.97. The first-order valence-corrected chi connectivity index (χ1v) is 10.1. The molecule has 10 heteroatoms. The van der Waals surface area contributed by atoms with Gasteiger partial charge in [-0.05, 0) is 42.3 Å². The van der Waals surface area contributed by atoms with Gasteiger partial charge >= 0.3 is 12.2 Å². The zero-order valence-electron chi connectivity index (χ0n) is 15.0. The lowest BCUT2D eigenvalue weighted by atomic mass is 10.1. The lowest BCUT2D eigenvalue weighted by Gasteiger charge is -2.12. The fourth-order valence-corrected chi connectivity index (χ4v) is 3.50. The van der Waals surface area contributed by atoms with Crippen LogP contribution in [-0.2, 0) is 22.7 Å². The maximum atomic E-state index is 12.7. The van der Waals surface area contributed by atoms with E-state index in [9.17, 15) is 26.4 Å². The number of halogens is 3. The van der Waals surface area contributed by atoms with E-state index in [1.807, 2.05) is 0 Å². The molecule has 0 aliphatic rings. The summed E-state index contributed by atoms with van der Waals surface area (Å²) in [4.78, 5) is 12.0. The van der Waals surface area contributed by atoms with Crippen LogP contribution in [0.1, 0.15) is 24.5 Å². The van der Waals surface area contributed by atoms with Crippen LogP contribution in [0.4, 0.5) is 29.3 Å². The Hall–Kier alpha value is -2.75. The Bertz CT molecular complexity index is 931. The van der Waals surface area contributed by atoms with Gasteiger partial charge in [0.2, 0.25) is 10.0 Å². The Morgan fingerprint density at radius 1 is 1.04 bits per heavy atom. The fourth-order valence-electron chi connectivity index (χ4n) is 2.38. The number of carbonyl (C=O) groups is 1. The van der Waals surface area contributed by atoms with Gasteiger partial charge in [-0.2, -0.15) is 13.2 Å². The van der Waals surface area contributed by atoms with Gasteiger partial charge in [-0.1, -0.05) is 25.1 Å². The van der Waals surface area contributed by atoms with Crippen molar-refractivity contribution in [3.63, 3.8) is 0 Å². The summed E-state index contributed by atoms with van der Waals surface area (Å²) in [7, 11) is -3.46. The molecule has 0 heterocycles. The van der Waals surface area contributed by atoms with Crippen LogP contribution in [0.2, 0.25) is 0 Å². The van der Waals surface area contributed by atoms with Crippen molar-refractivity contribution in [3.8, 4) is 0 Å². The zero-order chi connectivity index (χ0) is 20.8. The van der Waals surface area contributed by atoms with Crippen molar-refractivity contribution in [2.24, 2.45) is 0 Å². The summed E-state index contributed by atoms with van der Waals surface area (Å²) in [6.07, 6.45) is -3.99. The number of nitrogens with one attached hydrogen (secondary N) is 3. The summed E-state index contributed by atoms with van der Waals surface area (Å²) in [6, 6.07) is 10.1. The first-order valence-electron chi connectivity index (χ1n) is 8.40. The minimum absolute atomic E-state index is 0.0257. The number of amides is 2. The molecule has 6 nitrogen and oxygen atoms in total. The van der Waals surface area contributed by atoms with Gasteiger partial charge in [-0.3, -0.25) is 4.72 Å². The van der Waals surface area contributed by atoms with E-state index in [1.165, 1.54) is 18.2 Å².